The maximum Gasteiger partial charge on any atom is 0.335 e. The number of rotatable bonds is 2. The molecular formula is C10H16N2O3. The third-order valence-electron chi connectivity index (χ3n) is 2.50. The highest BCUT2D eigenvalue weighted by atomic mass is 16.5. The topological polar surface area (TPSA) is 70.6 Å². The summed E-state index contributed by atoms with van der Waals surface area (Å²) in [6, 6.07) is -0.360. The van der Waals surface area contributed by atoms with Crippen LogP contribution in [-0.4, -0.2) is 30.5 Å². The fourth-order valence-electron chi connectivity index (χ4n) is 1.52. The number of esters is 1. The SMILES string of the molecule is C=C1NC(O)C(C)C(C(=C)C(=O)OC)N1. The highest BCUT2D eigenvalue weighted by Gasteiger charge is 2.34. The third kappa shape index (κ3) is 2.30. The molecule has 5 heteroatoms. The van der Waals surface area contributed by atoms with Gasteiger partial charge in [-0.3, -0.25) is 0 Å². The van der Waals surface area contributed by atoms with Gasteiger partial charge in [0.1, 0.15) is 6.23 Å². The van der Waals surface area contributed by atoms with Crippen molar-refractivity contribution in [3.63, 3.8) is 0 Å². The zero-order valence-corrected chi connectivity index (χ0v) is 8.91. The highest BCUT2D eigenvalue weighted by Crippen LogP contribution is 2.19. The van der Waals surface area contributed by atoms with Gasteiger partial charge in [0.25, 0.3) is 0 Å². The van der Waals surface area contributed by atoms with E-state index in [-0.39, 0.29) is 17.5 Å². The van der Waals surface area contributed by atoms with Crippen molar-refractivity contribution >= 4 is 5.97 Å². The standard InChI is InChI=1S/C10H16N2O3/c1-5-8(6(2)10(14)15-4)11-7(3)12-9(5)13/h5,8-9,11-13H,2-3H2,1,4H3. The Labute approximate surface area is 88.8 Å². The van der Waals surface area contributed by atoms with E-state index in [0.29, 0.717) is 5.82 Å². The number of aliphatic hydroxyl groups excluding tert-OH is 1. The van der Waals surface area contributed by atoms with Crippen LogP contribution in [0.15, 0.2) is 24.6 Å². The predicted octanol–water partition coefficient (Wildman–Crippen LogP) is -0.297. The van der Waals surface area contributed by atoms with Crippen molar-refractivity contribution in [3.05, 3.63) is 24.6 Å². The first-order valence-electron chi connectivity index (χ1n) is 4.64. The number of ether oxygens (including phenoxy) is 1. The molecule has 1 fully saturated rings. The summed E-state index contributed by atoms with van der Waals surface area (Å²) in [5.74, 6) is -0.209. The Hall–Kier alpha value is -1.49. The van der Waals surface area contributed by atoms with Crippen molar-refractivity contribution in [1.29, 1.82) is 0 Å². The van der Waals surface area contributed by atoms with Gasteiger partial charge in [-0.1, -0.05) is 20.1 Å². The van der Waals surface area contributed by atoms with Crippen molar-refractivity contribution in [1.82, 2.24) is 10.6 Å². The summed E-state index contributed by atoms with van der Waals surface area (Å²) in [7, 11) is 1.30. The van der Waals surface area contributed by atoms with Gasteiger partial charge in [-0.25, -0.2) is 4.79 Å². The van der Waals surface area contributed by atoms with Crippen LogP contribution in [0.1, 0.15) is 6.92 Å². The number of hydrogen-bond acceptors (Lipinski definition) is 5. The van der Waals surface area contributed by atoms with Crippen molar-refractivity contribution in [2.45, 2.75) is 19.2 Å². The molecular weight excluding hydrogens is 196 g/mol. The molecule has 3 unspecified atom stereocenters. The van der Waals surface area contributed by atoms with Crippen molar-refractivity contribution in [2.75, 3.05) is 7.11 Å². The maximum atomic E-state index is 11.3. The molecule has 5 nitrogen and oxygen atoms in total. The van der Waals surface area contributed by atoms with Crippen LogP contribution in [0.4, 0.5) is 0 Å². The van der Waals surface area contributed by atoms with Gasteiger partial charge in [-0.15, -0.1) is 0 Å². The Balaban J connectivity index is 2.79. The summed E-state index contributed by atoms with van der Waals surface area (Å²) in [5, 5.41) is 15.3. The largest absolute Gasteiger partial charge is 0.466 e. The second kappa shape index (κ2) is 4.35. The lowest BCUT2D eigenvalue weighted by Gasteiger charge is -2.37. The average Bonchev–Trinajstić information content (AvgIpc) is 2.21. The monoisotopic (exact) mass is 212 g/mol. The fraction of sp³-hybridized carbons (Fsp3) is 0.500. The Morgan fingerprint density at radius 1 is 1.53 bits per heavy atom. The number of hydrogen-bond donors (Lipinski definition) is 3. The minimum Gasteiger partial charge on any atom is -0.466 e. The van der Waals surface area contributed by atoms with Crippen molar-refractivity contribution < 1.29 is 14.6 Å². The van der Waals surface area contributed by atoms with E-state index < -0.39 is 12.2 Å². The quantitative estimate of drug-likeness (QED) is 0.433. The summed E-state index contributed by atoms with van der Waals surface area (Å²) >= 11 is 0. The number of methoxy groups -OCH3 is 1. The molecule has 0 aromatic carbocycles. The van der Waals surface area contributed by atoms with Crippen LogP contribution < -0.4 is 10.6 Å². The molecule has 15 heavy (non-hydrogen) atoms. The zero-order valence-electron chi connectivity index (χ0n) is 8.91. The molecule has 1 heterocycles. The van der Waals surface area contributed by atoms with E-state index in [2.05, 4.69) is 28.5 Å². The van der Waals surface area contributed by atoms with E-state index >= 15 is 0 Å². The molecule has 0 amide bonds. The Morgan fingerprint density at radius 3 is 2.67 bits per heavy atom. The van der Waals surface area contributed by atoms with Gasteiger partial charge in [0.05, 0.1) is 24.5 Å². The normalized spacial score (nSPS) is 30.1. The van der Waals surface area contributed by atoms with Crippen LogP contribution in [0.5, 0.6) is 0 Å². The molecule has 1 aliphatic rings. The van der Waals surface area contributed by atoms with Crippen LogP contribution in [-0.2, 0) is 9.53 Å². The maximum absolute atomic E-state index is 11.3. The summed E-state index contributed by atoms with van der Waals surface area (Å²) in [6.07, 6.45) is -0.745. The van der Waals surface area contributed by atoms with Crippen LogP contribution in [0.2, 0.25) is 0 Å². The average molecular weight is 212 g/mol. The molecule has 0 radical (unpaired) electrons. The molecule has 0 aromatic heterocycles. The lowest BCUT2D eigenvalue weighted by atomic mass is 9.92. The summed E-state index contributed by atoms with van der Waals surface area (Å²) in [4.78, 5) is 11.3. The summed E-state index contributed by atoms with van der Waals surface area (Å²) in [5.41, 5.74) is 0.284. The molecule has 3 atom stereocenters. The molecule has 84 valence electrons. The van der Waals surface area contributed by atoms with Gasteiger partial charge in [-0.2, -0.15) is 0 Å². The Bertz CT molecular complexity index is 301. The molecule has 3 N–H and O–H groups in total. The van der Waals surface area contributed by atoms with Crippen molar-refractivity contribution in [2.24, 2.45) is 5.92 Å². The first-order chi connectivity index (χ1) is 6.97. The van der Waals surface area contributed by atoms with E-state index in [0.717, 1.165) is 0 Å². The number of carbonyl (C=O) groups is 1. The Morgan fingerprint density at radius 2 is 2.13 bits per heavy atom. The van der Waals surface area contributed by atoms with E-state index in [4.69, 9.17) is 0 Å². The fourth-order valence-corrected chi connectivity index (χ4v) is 1.52. The Kier molecular flexibility index (Phi) is 3.36. The molecule has 0 saturated carbocycles. The summed E-state index contributed by atoms with van der Waals surface area (Å²) < 4.78 is 4.57. The first-order valence-corrected chi connectivity index (χ1v) is 4.64. The number of nitrogens with one attached hydrogen (secondary N) is 2. The molecule has 1 aliphatic heterocycles. The predicted molar refractivity (Wildman–Crippen MR) is 55.5 cm³/mol. The summed E-state index contributed by atoms with van der Waals surface area (Å²) in [6.45, 7) is 9.09. The van der Waals surface area contributed by atoms with E-state index in [1.165, 1.54) is 7.11 Å². The van der Waals surface area contributed by atoms with Gasteiger partial charge in [0, 0.05) is 5.92 Å². The minimum absolute atomic E-state index is 0.193. The van der Waals surface area contributed by atoms with E-state index in [9.17, 15) is 9.90 Å². The van der Waals surface area contributed by atoms with Gasteiger partial charge in [-0.05, 0) is 0 Å². The smallest absolute Gasteiger partial charge is 0.335 e. The number of aliphatic hydroxyl groups is 1. The third-order valence-corrected chi connectivity index (χ3v) is 2.50. The van der Waals surface area contributed by atoms with Crippen molar-refractivity contribution in [3.8, 4) is 0 Å². The zero-order chi connectivity index (χ0) is 11.6. The lowest BCUT2D eigenvalue weighted by Crippen LogP contribution is -2.55. The second-order valence-electron chi connectivity index (χ2n) is 3.57. The molecule has 0 aromatic rings. The van der Waals surface area contributed by atoms with Gasteiger partial charge in [0.15, 0.2) is 0 Å². The minimum atomic E-state index is -0.745. The molecule has 0 spiro atoms. The van der Waals surface area contributed by atoms with E-state index in [1.807, 2.05) is 0 Å². The molecule has 1 saturated heterocycles. The van der Waals surface area contributed by atoms with Crippen LogP contribution in [0.3, 0.4) is 0 Å². The second-order valence-corrected chi connectivity index (χ2v) is 3.57. The van der Waals surface area contributed by atoms with E-state index in [1.54, 1.807) is 6.92 Å². The van der Waals surface area contributed by atoms with Gasteiger partial charge < -0.3 is 20.5 Å². The highest BCUT2D eigenvalue weighted by molar-refractivity contribution is 5.89. The van der Waals surface area contributed by atoms with Crippen LogP contribution >= 0.6 is 0 Å². The lowest BCUT2D eigenvalue weighted by molar-refractivity contribution is -0.136. The van der Waals surface area contributed by atoms with Gasteiger partial charge in [0.2, 0.25) is 0 Å². The number of carbonyl (C=O) groups excluding carboxylic acids is 1. The molecule has 1 rings (SSSR count). The molecule has 0 bridgehead atoms. The molecule has 0 aliphatic carbocycles. The van der Waals surface area contributed by atoms with Crippen LogP contribution in [0, 0.1) is 5.92 Å². The van der Waals surface area contributed by atoms with Gasteiger partial charge >= 0.3 is 5.97 Å². The first kappa shape index (κ1) is 11.6. The van der Waals surface area contributed by atoms with Crippen LogP contribution in [0.25, 0.3) is 0 Å².